The van der Waals surface area contributed by atoms with Crippen molar-refractivity contribution in [3.63, 3.8) is 0 Å². The van der Waals surface area contributed by atoms with E-state index in [0.29, 0.717) is 0 Å². The summed E-state index contributed by atoms with van der Waals surface area (Å²) in [5, 5.41) is 8.79. The molecule has 0 unspecified atom stereocenters. The quantitative estimate of drug-likeness (QED) is 0.183. The molecule has 0 aromatic rings. The van der Waals surface area contributed by atoms with Gasteiger partial charge in [-0.15, -0.1) is 0 Å². The van der Waals surface area contributed by atoms with Gasteiger partial charge in [-0.2, -0.15) is 0 Å². The summed E-state index contributed by atoms with van der Waals surface area (Å²) in [5.41, 5.74) is 0. The third-order valence-electron chi connectivity index (χ3n) is 0. The van der Waals surface area contributed by atoms with Gasteiger partial charge in [0.15, 0.2) is 0 Å². The van der Waals surface area contributed by atoms with Gasteiger partial charge < -0.3 is 0 Å². The standard InChI is InChI=1S/INO2.Na/c1-2(3)4;. The van der Waals surface area contributed by atoms with Crippen molar-refractivity contribution in [3.8, 4) is 0 Å². The number of nitrogens with zero attached hydrogens (tertiary/aromatic N) is 1. The molecule has 0 aliphatic carbocycles. The SMILES string of the molecule is O=[N+]([O-])I.[Na]. The van der Waals surface area contributed by atoms with E-state index in [0.717, 1.165) is 22.9 Å². The van der Waals surface area contributed by atoms with Crippen LogP contribution in [0.25, 0.3) is 0 Å². The zero-order valence-electron chi connectivity index (χ0n) is 2.64. The average molecular weight is 196 g/mol. The van der Waals surface area contributed by atoms with E-state index in [1.807, 2.05) is 0 Å². The van der Waals surface area contributed by atoms with Crippen LogP contribution >= 0.6 is 22.9 Å². The fourth-order valence-electron chi connectivity index (χ4n) is 0. The van der Waals surface area contributed by atoms with Gasteiger partial charge in [0.25, 0.3) is 0 Å². The van der Waals surface area contributed by atoms with E-state index < -0.39 is 3.14 Å². The maximum Gasteiger partial charge on any atom is 0.422 e. The topological polar surface area (TPSA) is 43.1 Å². The molecule has 3 nitrogen and oxygen atoms in total. The fraction of sp³-hybridized carbons (Fsp3) is 0. The van der Waals surface area contributed by atoms with E-state index in [-0.39, 0.29) is 29.6 Å². The maximum absolute atomic E-state index is 8.79. The number of nitro groups is 1. The van der Waals surface area contributed by atoms with Crippen LogP contribution < -0.4 is 0 Å². The normalized spacial score (nSPS) is 5.00. The zero-order valence-corrected chi connectivity index (χ0v) is 6.80. The third kappa shape index (κ3) is 39.4. The summed E-state index contributed by atoms with van der Waals surface area (Å²) < 4.78 is -0.530. The first-order chi connectivity index (χ1) is 1.73. The molecular weight excluding hydrogens is 196 g/mol. The molecule has 0 bridgehead atoms. The van der Waals surface area contributed by atoms with Crippen molar-refractivity contribution in [2.45, 2.75) is 0 Å². The molecule has 0 spiro atoms. The van der Waals surface area contributed by atoms with Gasteiger partial charge >= 0.3 is 22.9 Å². The van der Waals surface area contributed by atoms with Gasteiger partial charge in [-0.1, -0.05) is 0 Å². The van der Waals surface area contributed by atoms with Crippen molar-refractivity contribution in [2.24, 2.45) is 0 Å². The first kappa shape index (κ1) is 9.46. The van der Waals surface area contributed by atoms with Crippen molar-refractivity contribution in [3.05, 3.63) is 10.1 Å². The van der Waals surface area contributed by atoms with Crippen molar-refractivity contribution in [1.82, 2.24) is 0 Å². The van der Waals surface area contributed by atoms with Gasteiger partial charge in [-0.25, -0.2) is 0 Å². The van der Waals surface area contributed by atoms with Crippen LogP contribution in [0.5, 0.6) is 0 Å². The Kier molecular flexibility index (Phi) is 9.70. The molecule has 0 saturated heterocycles. The number of hydrogen-bond donors (Lipinski definition) is 0. The Morgan fingerprint density at radius 2 is 1.80 bits per heavy atom. The monoisotopic (exact) mass is 196 g/mol. The van der Waals surface area contributed by atoms with E-state index >= 15 is 0 Å². The molecule has 5 heteroatoms. The Bertz CT molecular complexity index is 32.6. The summed E-state index contributed by atoms with van der Waals surface area (Å²) in [6.07, 6.45) is 0. The van der Waals surface area contributed by atoms with Crippen molar-refractivity contribution < 1.29 is 3.14 Å². The van der Waals surface area contributed by atoms with Crippen LogP contribution in [0.15, 0.2) is 0 Å². The predicted octanol–water partition coefficient (Wildman–Crippen LogP) is 0.232. The fourth-order valence-corrected chi connectivity index (χ4v) is 0. The molecular formula is INNaO2. The minimum absolute atomic E-state index is 0. The second-order valence-electron chi connectivity index (χ2n) is 0.213. The van der Waals surface area contributed by atoms with Gasteiger partial charge in [0.2, 0.25) is 0 Å². The summed E-state index contributed by atoms with van der Waals surface area (Å²) in [4.78, 5) is 8.79. The molecule has 0 aromatic heterocycles. The van der Waals surface area contributed by atoms with Crippen molar-refractivity contribution in [1.29, 1.82) is 0 Å². The molecule has 0 heterocycles. The van der Waals surface area contributed by atoms with E-state index in [1.165, 1.54) is 0 Å². The summed E-state index contributed by atoms with van der Waals surface area (Å²) in [7, 11) is 0. The second kappa shape index (κ2) is 5.13. The summed E-state index contributed by atoms with van der Waals surface area (Å²) in [6, 6.07) is 0. The van der Waals surface area contributed by atoms with Crippen LogP contribution in [0.2, 0.25) is 0 Å². The average Bonchev–Trinajstić information content (AvgIpc) is 0.811. The van der Waals surface area contributed by atoms with Crippen LogP contribution in [0.4, 0.5) is 0 Å². The molecule has 0 saturated carbocycles. The zero-order chi connectivity index (χ0) is 3.58. The van der Waals surface area contributed by atoms with E-state index in [4.69, 9.17) is 10.1 Å². The van der Waals surface area contributed by atoms with E-state index in [9.17, 15) is 0 Å². The van der Waals surface area contributed by atoms with Gasteiger partial charge in [-0.05, 0) is 0 Å². The van der Waals surface area contributed by atoms with Crippen molar-refractivity contribution in [2.75, 3.05) is 0 Å². The Morgan fingerprint density at radius 1 is 1.80 bits per heavy atom. The van der Waals surface area contributed by atoms with Crippen LogP contribution in [0, 0.1) is 10.1 Å². The smallest absolute Gasteiger partial charge is 0.256 e. The van der Waals surface area contributed by atoms with E-state index in [2.05, 4.69) is 0 Å². The van der Waals surface area contributed by atoms with Gasteiger partial charge in [-0.3, -0.25) is 10.1 Å². The molecule has 0 aliphatic heterocycles. The van der Waals surface area contributed by atoms with Crippen LogP contribution in [0.3, 0.4) is 0 Å². The summed E-state index contributed by atoms with van der Waals surface area (Å²) in [6.45, 7) is 0. The van der Waals surface area contributed by atoms with E-state index in [1.54, 1.807) is 0 Å². The van der Waals surface area contributed by atoms with Crippen LogP contribution in [0.1, 0.15) is 0 Å². The molecule has 5 heavy (non-hydrogen) atoms. The third-order valence-corrected chi connectivity index (χ3v) is 0. The summed E-state index contributed by atoms with van der Waals surface area (Å²) >= 11 is 1.07. The first-order valence-electron chi connectivity index (χ1n) is 0.534. The first-order valence-corrected chi connectivity index (χ1v) is 1.50. The van der Waals surface area contributed by atoms with Gasteiger partial charge in [0, 0.05) is 29.6 Å². The molecule has 1 radical (unpaired) electrons. The minimum Gasteiger partial charge on any atom is -0.256 e. The predicted molar refractivity (Wildman–Crippen MR) is 26.8 cm³/mol. The summed E-state index contributed by atoms with van der Waals surface area (Å²) in [5.74, 6) is 0. The minimum atomic E-state index is -0.530. The van der Waals surface area contributed by atoms with Crippen molar-refractivity contribution >= 4 is 52.4 Å². The maximum atomic E-state index is 8.79. The molecule has 0 fully saturated rings. The number of rotatable bonds is 0. The van der Waals surface area contributed by atoms with Gasteiger partial charge in [0.05, 0.1) is 3.14 Å². The largest absolute Gasteiger partial charge is 0.422 e. The number of hydrogen-bond acceptors (Lipinski definition) is 2. The van der Waals surface area contributed by atoms with Gasteiger partial charge in [0.1, 0.15) is 0 Å². The molecule has 0 N–H and O–H groups in total. The van der Waals surface area contributed by atoms with Crippen LogP contribution in [-0.2, 0) is 0 Å². The molecule has 0 aromatic carbocycles. The molecule has 0 aliphatic rings. The Morgan fingerprint density at radius 3 is 1.80 bits per heavy atom. The molecule has 25 valence electrons. The molecule has 0 atom stereocenters. The number of halogens is 1. The molecule has 0 amide bonds. The Balaban J connectivity index is 0. The second-order valence-corrected chi connectivity index (χ2v) is 1.00. The Labute approximate surface area is 65.1 Å². The Hall–Kier alpha value is 1.13. The molecule has 0 rings (SSSR count). The van der Waals surface area contributed by atoms with Crippen LogP contribution in [-0.4, -0.2) is 32.7 Å².